The highest BCUT2D eigenvalue weighted by molar-refractivity contribution is 4.79. The molecule has 1 rings (SSSR count). The van der Waals surface area contributed by atoms with Gasteiger partial charge in [0.2, 0.25) is 0 Å². The molecule has 72 valence electrons. The van der Waals surface area contributed by atoms with Gasteiger partial charge in [-0.3, -0.25) is 0 Å². The Bertz CT molecular complexity index is 134. The molecule has 0 heterocycles. The van der Waals surface area contributed by atoms with E-state index in [0.717, 1.165) is 5.92 Å². The van der Waals surface area contributed by atoms with Crippen molar-refractivity contribution in [2.24, 2.45) is 11.7 Å². The summed E-state index contributed by atoms with van der Waals surface area (Å²) < 4.78 is 0. The van der Waals surface area contributed by atoms with E-state index in [1.807, 2.05) is 0 Å². The van der Waals surface area contributed by atoms with Gasteiger partial charge in [0.15, 0.2) is 0 Å². The monoisotopic (exact) mass is 170 g/mol. The molecule has 1 saturated carbocycles. The molecule has 0 bridgehead atoms. The van der Waals surface area contributed by atoms with Gasteiger partial charge in [0.05, 0.1) is 0 Å². The first-order valence-electron chi connectivity index (χ1n) is 5.05. The van der Waals surface area contributed by atoms with E-state index in [4.69, 9.17) is 5.73 Å². The summed E-state index contributed by atoms with van der Waals surface area (Å²) in [5.41, 5.74) is 5.86. The number of hydrogen-bond acceptors (Lipinski definition) is 2. The van der Waals surface area contributed by atoms with Crippen molar-refractivity contribution in [1.29, 1.82) is 0 Å². The summed E-state index contributed by atoms with van der Waals surface area (Å²) in [6, 6.07) is 1.15. The Morgan fingerprint density at radius 1 is 1.42 bits per heavy atom. The zero-order chi connectivity index (χ0) is 9.14. The zero-order valence-corrected chi connectivity index (χ0v) is 8.59. The molecule has 0 saturated heterocycles. The van der Waals surface area contributed by atoms with Gasteiger partial charge in [-0.05, 0) is 46.1 Å². The van der Waals surface area contributed by atoms with Crippen LogP contribution in [0.4, 0.5) is 0 Å². The van der Waals surface area contributed by atoms with Crippen molar-refractivity contribution in [3.05, 3.63) is 0 Å². The van der Waals surface area contributed by atoms with E-state index in [2.05, 4.69) is 25.8 Å². The molecule has 2 atom stereocenters. The van der Waals surface area contributed by atoms with E-state index >= 15 is 0 Å². The molecule has 1 aliphatic rings. The number of nitrogens with two attached hydrogens (primary N) is 1. The molecule has 0 aromatic carbocycles. The van der Waals surface area contributed by atoms with Gasteiger partial charge in [0, 0.05) is 18.6 Å². The summed E-state index contributed by atoms with van der Waals surface area (Å²) in [7, 11) is 2.20. The molecule has 1 fully saturated rings. The fraction of sp³-hybridized carbons (Fsp3) is 1.00. The van der Waals surface area contributed by atoms with Crippen LogP contribution in [0.25, 0.3) is 0 Å². The molecule has 0 radical (unpaired) electrons. The maximum atomic E-state index is 5.86. The molecule has 2 N–H and O–H groups in total. The van der Waals surface area contributed by atoms with Crippen LogP contribution in [-0.2, 0) is 0 Å². The summed E-state index contributed by atoms with van der Waals surface area (Å²) in [6.07, 6.45) is 3.80. The lowest BCUT2D eigenvalue weighted by Gasteiger charge is -2.24. The quantitative estimate of drug-likeness (QED) is 0.694. The van der Waals surface area contributed by atoms with Gasteiger partial charge >= 0.3 is 0 Å². The van der Waals surface area contributed by atoms with E-state index in [1.54, 1.807) is 0 Å². The maximum absolute atomic E-state index is 5.86. The molecule has 2 nitrogen and oxygen atoms in total. The first-order valence-corrected chi connectivity index (χ1v) is 5.05. The molecule has 12 heavy (non-hydrogen) atoms. The van der Waals surface area contributed by atoms with Crippen molar-refractivity contribution in [1.82, 2.24) is 4.90 Å². The maximum Gasteiger partial charge on any atom is 0.00420 e. The van der Waals surface area contributed by atoms with Crippen LogP contribution in [0.5, 0.6) is 0 Å². The third kappa shape index (κ3) is 2.76. The van der Waals surface area contributed by atoms with Crippen molar-refractivity contribution in [3.63, 3.8) is 0 Å². The lowest BCUT2D eigenvalue weighted by Crippen LogP contribution is -2.31. The third-order valence-electron chi connectivity index (χ3n) is 3.01. The second-order valence-corrected chi connectivity index (χ2v) is 4.47. The highest BCUT2D eigenvalue weighted by atomic mass is 15.1. The Hall–Kier alpha value is -0.0800. The number of rotatable bonds is 3. The van der Waals surface area contributed by atoms with Crippen molar-refractivity contribution < 1.29 is 0 Å². The summed E-state index contributed by atoms with van der Waals surface area (Å²) in [5.74, 6) is 0.854. The normalized spacial score (nSPS) is 30.5. The van der Waals surface area contributed by atoms with Crippen molar-refractivity contribution >= 4 is 0 Å². The van der Waals surface area contributed by atoms with Crippen molar-refractivity contribution in [3.8, 4) is 0 Å². The van der Waals surface area contributed by atoms with Gasteiger partial charge in [-0.25, -0.2) is 0 Å². The van der Waals surface area contributed by atoms with Crippen molar-refractivity contribution in [2.75, 3.05) is 13.6 Å². The minimum absolute atomic E-state index is 0.482. The Labute approximate surface area is 76.1 Å². The van der Waals surface area contributed by atoms with E-state index in [-0.39, 0.29) is 0 Å². The van der Waals surface area contributed by atoms with E-state index in [1.165, 1.54) is 25.8 Å². The lowest BCUT2D eigenvalue weighted by molar-refractivity contribution is 0.230. The average molecular weight is 170 g/mol. The first-order chi connectivity index (χ1) is 5.59. The molecular formula is C10H22N2. The van der Waals surface area contributed by atoms with Crippen LogP contribution in [0.1, 0.15) is 33.1 Å². The summed E-state index contributed by atoms with van der Waals surface area (Å²) >= 11 is 0. The van der Waals surface area contributed by atoms with E-state index in [0.29, 0.717) is 12.1 Å². The molecule has 2 heteroatoms. The van der Waals surface area contributed by atoms with Crippen LogP contribution in [0.15, 0.2) is 0 Å². The fourth-order valence-electron chi connectivity index (χ4n) is 1.90. The molecule has 2 unspecified atom stereocenters. The molecular weight excluding hydrogens is 148 g/mol. The second kappa shape index (κ2) is 4.24. The van der Waals surface area contributed by atoms with Gasteiger partial charge in [0.1, 0.15) is 0 Å². The number of nitrogens with zero attached hydrogens (tertiary/aromatic N) is 1. The Morgan fingerprint density at radius 2 is 2.08 bits per heavy atom. The number of hydrogen-bond donors (Lipinski definition) is 1. The van der Waals surface area contributed by atoms with Gasteiger partial charge in [-0.1, -0.05) is 0 Å². The van der Waals surface area contributed by atoms with Crippen molar-refractivity contribution in [2.45, 2.75) is 45.2 Å². The van der Waals surface area contributed by atoms with Crippen LogP contribution in [0, 0.1) is 5.92 Å². The molecule has 1 aliphatic carbocycles. The fourth-order valence-corrected chi connectivity index (χ4v) is 1.90. The van der Waals surface area contributed by atoms with Gasteiger partial charge in [-0.2, -0.15) is 0 Å². The molecule has 0 aromatic heterocycles. The second-order valence-electron chi connectivity index (χ2n) is 4.47. The molecule has 0 spiro atoms. The van der Waals surface area contributed by atoms with Gasteiger partial charge in [0.25, 0.3) is 0 Å². The standard InChI is InChI=1S/C10H22N2/c1-8(2)12(3)7-9-4-5-10(11)6-9/h8-10H,4-7,11H2,1-3H3. The Balaban J connectivity index is 2.23. The smallest absolute Gasteiger partial charge is 0.00420 e. The minimum Gasteiger partial charge on any atom is -0.328 e. The zero-order valence-electron chi connectivity index (χ0n) is 8.59. The summed E-state index contributed by atoms with van der Waals surface area (Å²) in [6.45, 7) is 5.72. The highest BCUT2D eigenvalue weighted by Gasteiger charge is 2.23. The lowest BCUT2D eigenvalue weighted by atomic mass is 10.1. The van der Waals surface area contributed by atoms with Crippen LogP contribution >= 0.6 is 0 Å². The third-order valence-corrected chi connectivity index (χ3v) is 3.01. The predicted molar refractivity (Wildman–Crippen MR) is 53.1 cm³/mol. The van der Waals surface area contributed by atoms with Crippen LogP contribution < -0.4 is 5.73 Å². The van der Waals surface area contributed by atoms with Crippen LogP contribution in [0.3, 0.4) is 0 Å². The molecule has 0 aliphatic heterocycles. The van der Waals surface area contributed by atoms with E-state index in [9.17, 15) is 0 Å². The molecule has 0 amide bonds. The Morgan fingerprint density at radius 3 is 2.50 bits per heavy atom. The SMILES string of the molecule is CC(C)N(C)CC1CCC(N)C1. The highest BCUT2D eigenvalue weighted by Crippen LogP contribution is 2.24. The summed E-state index contributed by atoms with van der Waals surface area (Å²) in [4.78, 5) is 2.42. The first kappa shape index (κ1) is 10.0. The Kier molecular flexibility index (Phi) is 3.53. The van der Waals surface area contributed by atoms with Gasteiger partial charge in [-0.15, -0.1) is 0 Å². The van der Waals surface area contributed by atoms with Crippen LogP contribution in [0.2, 0.25) is 0 Å². The van der Waals surface area contributed by atoms with E-state index < -0.39 is 0 Å². The molecule has 0 aromatic rings. The largest absolute Gasteiger partial charge is 0.328 e. The van der Waals surface area contributed by atoms with Crippen LogP contribution in [-0.4, -0.2) is 30.6 Å². The topological polar surface area (TPSA) is 29.3 Å². The minimum atomic E-state index is 0.482. The predicted octanol–water partition coefficient (Wildman–Crippen LogP) is 1.45. The summed E-state index contributed by atoms with van der Waals surface area (Å²) in [5, 5.41) is 0. The average Bonchev–Trinajstić information content (AvgIpc) is 2.35. The van der Waals surface area contributed by atoms with Gasteiger partial charge < -0.3 is 10.6 Å².